The summed E-state index contributed by atoms with van der Waals surface area (Å²) in [5.74, 6) is -1.85. The van der Waals surface area contributed by atoms with E-state index < -0.39 is 24.0 Å². The van der Waals surface area contributed by atoms with Crippen molar-refractivity contribution in [3.05, 3.63) is 117 Å². The number of carboxylic acids is 1. The number of rotatable bonds is 8. The van der Waals surface area contributed by atoms with Gasteiger partial charge in [0.2, 0.25) is 0 Å². The van der Waals surface area contributed by atoms with Gasteiger partial charge < -0.3 is 20.5 Å². The number of aromatic nitrogens is 1. The number of hydrogen-bond donors (Lipinski definition) is 3. The second kappa shape index (κ2) is 11.8. The van der Waals surface area contributed by atoms with Crippen LogP contribution in [0.3, 0.4) is 0 Å². The number of carbonyl (C=O) groups excluding carboxylic acids is 2. The maximum Gasteiger partial charge on any atom is 0.407 e. The molecule has 40 heavy (non-hydrogen) atoms. The van der Waals surface area contributed by atoms with Gasteiger partial charge in [0, 0.05) is 30.4 Å². The van der Waals surface area contributed by atoms with E-state index in [-0.39, 0.29) is 34.6 Å². The zero-order chi connectivity index (χ0) is 28.2. The highest BCUT2D eigenvalue weighted by Gasteiger charge is 2.30. The molecule has 3 aromatic carbocycles. The molecule has 5 rings (SSSR count). The Balaban J connectivity index is 1.19. The topological polar surface area (TPSA) is 118 Å². The molecule has 3 N–H and O–H groups in total. The number of amides is 2. The van der Waals surface area contributed by atoms with E-state index in [0.29, 0.717) is 11.3 Å². The van der Waals surface area contributed by atoms with Gasteiger partial charge >= 0.3 is 12.1 Å². The van der Waals surface area contributed by atoms with E-state index in [9.17, 15) is 19.5 Å². The number of nitrogens with zero attached hydrogens (tertiary/aromatic N) is 1. The number of halogens is 2. The molecular weight excluding hydrogens is 553 g/mol. The van der Waals surface area contributed by atoms with Gasteiger partial charge in [-0.05, 0) is 39.9 Å². The highest BCUT2D eigenvalue weighted by molar-refractivity contribution is 6.40. The van der Waals surface area contributed by atoms with Crippen LogP contribution in [-0.4, -0.2) is 40.7 Å². The number of aliphatic carboxylic acids is 1. The van der Waals surface area contributed by atoms with Crippen LogP contribution in [0.25, 0.3) is 11.1 Å². The van der Waals surface area contributed by atoms with E-state index in [1.54, 1.807) is 24.3 Å². The summed E-state index contributed by atoms with van der Waals surface area (Å²) in [6.07, 6.45) is 1.84. The molecule has 0 spiro atoms. The predicted molar refractivity (Wildman–Crippen MR) is 152 cm³/mol. The summed E-state index contributed by atoms with van der Waals surface area (Å²) >= 11 is 12.1. The van der Waals surface area contributed by atoms with Crippen LogP contribution in [0, 0.1) is 0 Å². The SMILES string of the molecule is O=C(N[C@@H](Cc1ccc(NC(=O)c2c(Cl)cncc2Cl)cc1)C(=O)O)OCC1c2ccccc2-c2ccccc21. The lowest BCUT2D eigenvalue weighted by Gasteiger charge is -2.18. The number of nitrogens with one attached hydrogen (secondary N) is 2. The van der Waals surface area contributed by atoms with Gasteiger partial charge in [0.25, 0.3) is 5.91 Å². The zero-order valence-electron chi connectivity index (χ0n) is 20.9. The monoisotopic (exact) mass is 575 g/mol. The quantitative estimate of drug-likeness (QED) is 0.231. The lowest BCUT2D eigenvalue weighted by Crippen LogP contribution is -2.42. The van der Waals surface area contributed by atoms with Crippen molar-refractivity contribution in [1.82, 2.24) is 10.3 Å². The number of hydrogen-bond acceptors (Lipinski definition) is 5. The Morgan fingerprint density at radius 3 is 2.02 bits per heavy atom. The number of fused-ring (bicyclic) bond motifs is 3. The van der Waals surface area contributed by atoms with Crippen molar-refractivity contribution >= 4 is 46.9 Å². The molecule has 8 nitrogen and oxygen atoms in total. The van der Waals surface area contributed by atoms with Crippen molar-refractivity contribution in [3.8, 4) is 11.1 Å². The average Bonchev–Trinajstić information content (AvgIpc) is 3.26. The number of anilines is 1. The Hall–Kier alpha value is -4.40. The summed E-state index contributed by atoms with van der Waals surface area (Å²) < 4.78 is 5.50. The predicted octanol–water partition coefficient (Wildman–Crippen LogP) is 6.18. The van der Waals surface area contributed by atoms with Crippen molar-refractivity contribution in [2.24, 2.45) is 0 Å². The minimum Gasteiger partial charge on any atom is -0.480 e. The maximum absolute atomic E-state index is 12.6. The summed E-state index contributed by atoms with van der Waals surface area (Å²) in [5, 5.41) is 15.1. The molecule has 1 atom stereocenters. The van der Waals surface area contributed by atoms with Gasteiger partial charge in [-0.2, -0.15) is 0 Å². The minimum absolute atomic E-state index is 0.00969. The van der Waals surface area contributed by atoms with E-state index in [2.05, 4.69) is 15.6 Å². The standard InChI is InChI=1S/C30H23Cl2N3O5/c31-24-14-33-15-25(32)27(24)28(36)34-18-11-9-17(10-12-18)13-26(29(37)38)35-30(39)40-16-23-21-7-3-1-5-19(21)20-6-2-4-8-22(20)23/h1-12,14-15,23,26H,13,16H2,(H,34,36)(H,35,39)(H,37,38)/t26-/m0/s1. The lowest BCUT2D eigenvalue weighted by molar-refractivity contribution is -0.139. The van der Waals surface area contributed by atoms with Crippen molar-refractivity contribution in [2.45, 2.75) is 18.4 Å². The fourth-order valence-electron chi connectivity index (χ4n) is 4.76. The van der Waals surface area contributed by atoms with Gasteiger partial charge in [0.05, 0.1) is 15.6 Å². The molecule has 0 bridgehead atoms. The number of carboxylic acid groups (broad SMARTS) is 1. The highest BCUT2D eigenvalue weighted by Crippen LogP contribution is 2.44. The van der Waals surface area contributed by atoms with E-state index in [1.165, 1.54) is 12.4 Å². The van der Waals surface area contributed by atoms with Gasteiger partial charge in [-0.25, -0.2) is 9.59 Å². The number of alkyl carbamates (subject to hydrolysis) is 1. The highest BCUT2D eigenvalue weighted by atomic mass is 35.5. The smallest absolute Gasteiger partial charge is 0.407 e. The Labute approximate surface area is 239 Å². The van der Waals surface area contributed by atoms with Crippen LogP contribution in [0.1, 0.15) is 33.0 Å². The Morgan fingerprint density at radius 2 is 1.45 bits per heavy atom. The number of carbonyl (C=O) groups is 3. The molecule has 0 fully saturated rings. The molecule has 2 amide bonds. The first-order chi connectivity index (χ1) is 19.3. The Morgan fingerprint density at radius 1 is 0.875 bits per heavy atom. The first-order valence-corrected chi connectivity index (χ1v) is 13.1. The third kappa shape index (κ3) is 5.78. The molecule has 1 heterocycles. The molecule has 10 heteroatoms. The molecule has 0 saturated heterocycles. The summed E-state index contributed by atoms with van der Waals surface area (Å²) in [6, 6.07) is 21.2. The first-order valence-electron chi connectivity index (χ1n) is 12.4. The van der Waals surface area contributed by atoms with Crippen molar-refractivity contribution in [3.63, 3.8) is 0 Å². The van der Waals surface area contributed by atoms with Gasteiger partial charge in [-0.15, -0.1) is 0 Å². The fraction of sp³-hybridized carbons (Fsp3) is 0.133. The van der Waals surface area contributed by atoms with E-state index in [4.69, 9.17) is 27.9 Å². The Kier molecular flexibility index (Phi) is 8.00. The average molecular weight is 576 g/mol. The third-order valence-electron chi connectivity index (χ3n) is 6.67. The largest absolute Gasteiger partial charge is 0.480 e. The third-order valence-corrected chi connectivity index (χ3v) is 7.24. The van der Waals surface area contributed by atoms with Crippen LogP contribution >= 0.6 is 23.2 Å². The van der Waals surface area contributed by atoms with Gasteiger partial charge in [-0.1, -0.05) is 83.9 Å². The summed E-state index contributed by atoms with van der Waals surface area (Å²) in [5.41, 5.74) is 5.50. The lowest BCUT2D eigenvalue weighted by atomic mass is 9.98. The van der Waals surface area contributed by atoms with E-state index in [0.717, 1.165) is 22.3 Å². The fourth-order valence-corrected chi connectivity index (χ4v) is 5.30. The molecule has 202 valence electrons. The molecule has 0 aliphatic heterocycles. The van der Waals surface area contributed by atoms with Crippen LogP contribution in [0.4, 0.5) is 10.5 Å². The van der Waals surface area contributed by atoms with Gasteiger partial charge in [-0.3, -0.25) is 9.78 Å². The molecule has 0 radical (unpaired) electrons. The van der Waals surface area contributed by atoms with Gasteiger partial charge in [0.15, 0.2) is 0 Å². The maximum atomic E-state index is 12.6. The molecule has 0 unspecified atom stereocenters. The second-order valence-electron chi connectivity index (χ2n) is 9.19. The molecule has 1 aromatic heterocycles. The van der Waals surface area contributed by atoms with Crippen LogP contribution in [-0.2, 0) is 16.0 Å². The molecule has 1 aliphatic rings. The number of pyridine rings is 1. The molecule has 1 aliphatic carbocycles. The van der Waals surface area contributed by atoms with Crippen LogP contribution in [0.5, 0.6) is 0 Å². The van der Waals surface area contributed by atoms with E-state index in [1.807, 2.05) is 48.5 Å². The molecular formula is C30H23Cl2N3O5. The van der Waals surface area contributed by atoms with Crippen LogP contribution in [0.2, 0.25) is 10.0 Å². The van der Waals surface area contributed by atoms with E-state index >= 15 is 0 Å². The Bertz CT molecular complexity index is 1530. The van der Waals surface area contributed by atoms with Gasteiger partial charge in [0.1, 0.15) is 12.6 Å². The first kappa shape index (κ1) is 27.2. The minimum atomic E-state index is -1.22. The molecule has 0 saturated carbocycles. The summed E-state index contributed by atoms with van der Waals surface area (Å²) in [6.45, 7) is 0.0755. The van der Waals surface area contributed by atoms with Crippen LogP contribution in [0.15, 0.2) is 85.2 Å². The van der Waals surface area contributed by atoms with Crippen molar-refractivity contribution in [1.29, 1.82) is 0 Å². The second-order valence-corrected chi connectivity index (χ2v) is 10.0. The number of benzene rings is 3. The number of ether oxygens (including phenoxy) is 1. The molecule has 4 aromatic rings. The summed E-state index contributed by atoms with van der Waals surface area (Å²) in [4.78, 5) is 40.9. The van der Waals surface area contributed by atoms with Crippen molar-refractivity contribution in [2.75, 3.05) is 11.9 Å². The summed E-state index contributed by atoms with van der Waals surface area (Å²) in [7, 11) is 0. The zero-order valence-corrected chi connectivity index (χ0v) is 22.4. The van der Waals surface area contributed by atoms with Crippen LogP contribution < -0.4 is 10.6 Å². The normalized spacial score (nSPS) is 12.7. The van der Waals surface area contributed by atoms with Crippen molar-refractivity contribution < 1.29 is 24.2 Å².